The lowest BCUT2D eigenvalue weighted by molar-refractivity contribution is -0.380. The predicted octanol–water partition coefficient (Wildman–Crippen LogP) is 4.11. The van der Waals surface area contributed by atoms with Crippen molar-refractivity contribution in [2.45, 2.75) is 13.2 Å². The van der Waals surface area contributed by atoms with Crippen LogP contribution in [-0.4, -0.2) is 28.3 Å². The molecule has 0 aliphatic carbocycles. The van der Waals surface area contributed by atoms with Gasteiger partial charge in [-0.05, 0) is 17.5 Å². The molecular formula is C19H16N4O4S. The minimum absolute atomic E-state index is 0.00978. The lowest BCUT2D eigenvalue weighted by Crippen LogP contribution is -2.24. The van der Waals surface area contributed by atoms with Crippen molar-refractivity contribution in [3.05, 3.63) is 69.6 Å². The van der Waals surface area contributed by atoms with E-state index in [4.69, 9.17) is 4.74 Å². The van der Waals surface area contributed by atoms with Crippen molar-refractivity contribution in [3.8, 4) is 0 Å². The number of nitro groups is 1. The molecule has 0 saturated carbocycles. The van der Waals surface area contributed by atoms with Gasteiger partial charge in [-0.25, -0.2) is 0 Å². The highest BCUT2D eigenvalue weighted by Crippen LogP contribution is 2.36. The Morgan fingerprint density at radius 2 is 2.04 bits per heavy atom. The highest BCUT2D eigenvalue weighted by atomic mass is 32.1. The standard InChI is InChI=1S/C19H16N4O4S/c1-12(24)22-19(16-9-10-18(28-16)23(25)26)27-17(21-22)11-20-15-8-4-6-13-5-2-3-7-14(13)15/h2-10,19-20H,11H2,1H3. The SMILES string of the molecule is CC(=O)N1N=C(CNc2cccc3ccccc23)OC1c1ccc([N+](=O)[O-])s1. The van der Waals surface area contributed by atoms with Crippen molar-refractivity contribution in [1.29, 1.82) is 0 Å². The Bertz CT molecular complexity index is 1090. The summed E-state index contributed by atoms with van der Waals surface area (Å²) in [5, 5.41) is 21.8. The van der Waals surface area contributed by atoms with Gasteiger partial charge in [0.1, 0.15) is 0 Å². The summed E-state index contributed by atoms with van der Waals surface area (Å²) in [6, 6.07) is 16.9. The molecule has 2 aromatic carbocycles. The Morgan fingerprint density at radius 1 is 1.25 bits per heavy atom. The molecule has 1 unspecified atom stereocenters. The lowest BCUT2D eigenvalue weighted by atomic mass is 10.1. The summed E-state index contributed by atoms with van der Waals surface area (Å²) in [4.78, 5) is 23.0. The number of hydrogen-bond acceptors (Lipinski definition) is 7. The zero-order chi connectivity index (χ0) is 19.7. The van der Waals surface area contributed by atoms with Crippen molar-refractivity contribution in [2.75, 3.05) is 11.9 Å². The van der Waals surface area contributed by atoms with Gasteiger partial charge in [0, 0.05) is 24.1 Å². The van der Waals surface area contributed by atoms with Crippen LogP contribution >= 0.6 is 11.3 Å². The second kappa shape index (κ2) is 7.28. The number of ether oxygens (including phenoxy) is 1. The molecule has 0 spiro atoms. The predicted molar refractivity (Wildman–Crippen MR) is 107 cm³/mol. The van der Waals surface area contributed by atoms with E-state index in [0.717, 1.165) is 27.8 Å². The summed E-state index contributed by atoms with van der Waals surface area (Å²) in [6.07, 6.45) is -0.791. The van der Waals surface area contributed by atoms with Crippen LogP contribution in [0.15, 0.2) is 59.7 Å². The van der Waals surface area contributed by atoms with E-state index in [9.17, 15) is 14.9 Å². The first kappa shape index (κ1) is 17.9. The summed E-state index contributed by atoms with van der Waals surface area (Å²) < 4.78 is 5.83. The largest absolute Gasteiger partial charge is 0.447 e. The van der Waals surface area contributed by atoms with Gasteiger partial charge in [0.05, 0.1) is 16.3 Å². The minimum Gasteiger partial charge on any atom is -0.447 e. The number of carbonyl (C=O) groups excluding carboxylic acids is 1. The Kier molecular flexibility index (Phi) is 4.66. The number of nitrogens with one attached hydrogen (secondary N) is 1. The van der Waals surface area contributed by atoms with Crippen LogP contribution in [0.25, 0.3) is 10.8 Å². The molecule has 9 heteroatoms. The van der Waals surface area contributed by atoms with Crippen molar-refractivity contribution < 1.29 is 14.5 Å². The van der Waals surface area contributed by atoms with E-state index in [0.29, 0.717) is 10.8 Å². The average molecular weight is 396 g/mol. The molecule has 1 atom stereocenters. The third kappa shape index (κ3) is 3.39. The maximum absolute atomic E-state index is 12.0. The quantitative estimate of drug-likeness (QED) is 0.517. The number of fused-ring (bicyclic) bond motifs is 1. The fourth-order valence-electron chi connectivity index (χ4n) is 2.99. The molecule has 8 nitrogen and oxygen atoms in total. The van der Waals surface area contributed by atoms with Crippen LogP contribution in [0, 0.1) is 10.1 Å². The maximum Gasteiger partial charge on any atom is 0.324 e. The zero-order valence-electron chi connectivity index (χ0n) is 14.9. The van der Waals surface area contributed by atoms with E-state index in [1.807, 2.05) is 42.5 Å². The molecule has 1 amide bonds. The smallest absolute Gasteiger partial charge is 0.324 e. The fraction of sp³-hybridized carbons (Fsp3) is 0.158. The number of rotatable bonds is 5. The lowest BCUT2D eigenvalue weighted by Gasteiger charge is -2.17. The van der Waals surface area contributed by atoms with E-state index in [1.54, 1.807) is 6.07 Å². The zero-order valence-corrected chi connectivity index (χ0v) is 15.7. The van der Waals surface area contributed by atoms with E-state index < -0.39 is 11.2 Å². The van der Waals surface area contributed by atoms with Gasteiger partial charge in [0.15, 0.2) is 0 Å². The van der Waals surface area contributed by atoms with E-state index in [-0.39, 0.29) is 17.5 Å². The van der Waals surface area contributed by atoms with Gasteiger partial charge in [-0.3, -0.25) is 14.9 Å². The van der Waals surface area contributed by atoms with Crippen molar-refractivity contribution in [2.24, 2.45) is 5.10 Å². The van der Waals surface area contributed by atoms with Crippen LogP contribution in [0.5, 0.6) is 0 Å². The van der Waals surface area contributed by atoms with Crippen LogP contribution in [0.3, 0.4) is 0 Å². The van der Waals surface area contributed by atoms with Gasteiger partial charge in [-0.2, -0.15) is 5.01 Å². The number of nitrogens with zero attached hydrogens (tertiary/aromatic N) is 3. The van der Waals surface area contributed by atoms with Gasteiger partial charge in [0.25, 0.3) is 0 Å². The highest BCUT2D eigenvalue weighted by Gasteiger charge is 2.34. The first-order valence-electron chi connectivity index (χ1n) is 8.52. The molecule has 28 heavy (non-hydrogen) atoms. The van der Waals surface area contributed by atoms with Gasteiger partial charge in [0.2, 0.25) is 18.0 Å². The van der Waals surface area contributed by atoms with E-state index in [2.05, 4.69) is 10.4 Å². The summed E-state index contributed by atoms with van der Waals surface area (Å²) in [7, 11) is 0. The van der Waals surface area contributed by atoms with Crippen molar-refractivity contribution >= 4 is 44.6 Å². The molecule has 1 aromatic heterocycles. The number of benzene rings is 2. The number of hydrogen-bond donors (Lipinski definition) is 1. The summed E-state index contributed by atoms with van der Waals surface area (Å²) >= 11 is 0.966. The van der Waals surface area contributed by atoms with Crippen molar-refractivity contribution in [3.63, 3.8) is 0 Å². The topological polar surface area (TPSA) is 97.1 Å². The molecule has 1 N–H and O–H groups in total. The molecule has 0 bridgehead atoms. The van der Waals surface area contributed by atoms with E-state index >= 15 is 0 Å². The molecule has 4 rings (SSSR count). The highest BCUT2D eigenvalue weighted by molar-refractivity contribution is 7.15. The number of anilines is 1. The second-order valence-electron chi connectivity index (χ2n) is 6.14. The van der Waals surface area contributed by atoms with Crippen LogP contribution in [-0.2, 0) is 9.53 Å². The first-order valence-corrected chi connectivity index (χ1v) is 9.34. The van der Waals surface area contributed by atoms with E-state index in [1.165, 1.54) is 18.0 Å². The Hall–Kier alpha value is -3.46. The van der Waals surface area contributed by atoms with Crippen LogP contribution in [0.2, 0.25) is 0 Å². The molecular weight excluding hydrogens is 380 g/mol. The third-order valence-electron chi connectivity index (χ3n) is 4.27. The normalized spacial score (nSPS) is 16.0. The molecule has 1 aliphatic rings. The van der Waals surface area contributed by atoms with Gasteiger partial charge < -0.3 is 10.1 Å². The maximum atomic E-state index is 12.0. The molecule has 0 fully saturated rings. The average Bonchev–Trinajstić information content (AvgIpc) is 3.33. The van der Waals surface area contributed by atoms with Gasteiger partial charge in [-0.15, -0.1) is 5.10 Å². The van der Waals surface area contributed by atoms with Gasteiger partial charge in [-0.1, -0.05) is 47.7 Å². The molecule has 3 aromatic rings. The summed E-state index contributed by atoms with van der Waals surface area (Å²) in [6.45, 7) is 1.66. The fourth-order valence-corrected chi connectivity index (χ4v) is 3.83. The number of amides is 1. The second-order valence-corrected chi connectivity index (χ2v) is 7.23. The molecule has 1 aliphatic heterocycles. The molecule has 0 radical (unpaired) electrons. The Labute approximate surface area is 164 Å². The first-order chi connectivity index (χ1) is 13.5. The summed E-state index contributed by atoms with van der Waals surface area (Å²) in [5.41, 5.74) is 0.925. The van der Waals surface area contributed by atoms with Gasteiger partial charge >= 0.3 is 5.00 Å². The Morgan fingerprint density at radius 3 is 2.79 bits per heavy atom. The number of hydrazone groups is 1. The monoisotopic (exact) mass is 396 g/mol. The van der Waals surface area contributed by atoms with Crippen LogP contribution in [0.4, 0.5) is 10.7 Å². The summed E-state index contributed by atoms with van der Waals surface area (Å²) in [5.74, 6) is 0.0328. The number of carbonyl (C=O) groups is 1. The molecule has 0 saturated heterocycles. The minimum atomic E-state index is -0.791. The van der Waals surface area contributed by atoms with Crippen LogP contribution in [0.1, 0.15) is 18.0 Å². The van der Waals surface area contributed by atoms with Crippen LogP contribution < -0.4 is 5.32 Å². The molecule has 142 valence electrons. The Balaban J connectivity index is 1.52. The number of thiophene rings is 1. The molecule has 2 heterocycles. The third-order valence-corrected chi connectivity index (χ3v) is 5.34. The van der Waals surface area contributed by atoms with Crippen molar-refractivity contribution in [1.82, 2.24) is 5.01 Å².